The van der Waals surface area contributed by atoms with Gasteiger partial charge >= 0.3 is 0 Å². The number of nitrogens with two attached hydrogens (primary N) is 1. The molecule has 6 heteroatoms. The zero-order valence-corrected chi connectivity index (χ0v) is 16.8. The summed E-state index contributed by atoms with van der Waals surface area (Å²) in [7, 11) is 2.11. The van der Waals surface area contributed by atoms with E-state index in [1.165, 1.54) is 5.56 Å². The molecule has 0 saturated carbocycles. The van der Waals surface area contributed by atoms with Gasteiger partial charge in [-0.05, 0) is 32.9 Å². The smallest absolute Gasteiger partial charge is 0.188 e. The van der Waals surface area contributed by atoms with Crippen LogP contribution in [0.1, 0.15) is 25.8 Å². The molecule has 23 heavy (non-hydrogen) atoms. The number of hydrogen-bond acceptors (Lipinski definition) is 3. The van der Waals surface area contributed by atoms with E-state index in [4.69, 9.17) is 10.5 Å². The summed E-state index contributed by atoms with van der Waals surface area (Å²) >= 11 is 0. The molecule has 0 aliphatic rings. The Morgan fingerprint density at radius 1 is 1.35 bits per heavy atom. The van der Waals surface area contributed by atoms with Crippen LogP contribution in [-0.2, 0) is 11.3 Å². The molecule has 0 radical (unpaired) electrons. The van der Waals surface area contributed by atoms with E-state index in [-0.39, 0.29) is 24.0 Å². The summed E-state index contributed by atoms with van der Waals surface area (Å²) in [6, 6.07) is 10.8. The highest BCUT2D eigenvalue weighted by atomic mass is 127. The zero-order valence-electron chi connectivity index (χ0n) is 14.5. The second-order valence-electron chi connectivity index (χ2n) is 5.45. The maximum atomic E-state index is 5.87. The highest BCUT2D eigenvalue weighted by Crippen LogP contribution is 2.06. The second kappa shape index (κ2) is 13.6. The first-order valence-electron chi connectivity index (χ1n) is 7.99. The predicted octanol–water partition coefficient (Wildman–Crippen LogP) is 2.46. The molecule has 0 heterocycles. The van der Waals surface area contributed by atoms with Crippen molar-refractivity contribution in [2.75, 3.05) is 33.4 Å². The van der Waals surface area contributed by atoms with E-state index in [9.17, 15) is 0 Å². The van der Waals surface area contributed by atoms with E-state index in [2.05, 4.69) is 53.4 Å². The predicted molar refractivity (Wildman–Crippen MR) is 108 cm³/mol. The van der Waals surface area contributed by atoms with Gasteiger partial charge in [0, 0.05) is 32.3 Å². The van der Waals surface area contributed by atoms with Crippen LogP contribution in [0.15, 0.2) is 35.3 Å². The lowest BCUT2D eigenvalue weighted by atomic mass is 10.2. The van der Waals surface area contributed by atoms with Crippen LogP contribution >= 0.6 is 24.0 Å². The molecule has 3 N–H and O–H groups in total. The zero-order chi connectivity index (χ0) is 16.2. The number of ether oxygens (including phenoxy) is 1. The topological polar surface area (TPSA) is 62.9 Å². The highest BCUT2D eigenvalue weighted by Gasteiger charge is 2.09. The molecule has 0 saturated heterocycles. The van der Waals surface area contributed by atoms with Crippen molar-refractivity contribution in [1.82, 2.24) is 10.2 Å². The van der Waals surface area contributed by atoms with Crippen molar-refractivity contribution >= 4 is 29.9 Å². The molecule has 1 aromatic rings. The van der Waals surface area contributed by atoms with Gasteiger partial charge < -0.3 is 15.8 Å². The molecule has 132 valence electrons. The van der Waals surface area contributed by atoms with Crippen molar-refractivity contribution in [3.05, 3.63) is 35.9 Å². The lowest BCUT2D eigenvalue weighted by Gasteiger charge is -2.23. The average molecular weight is 434 g/mol. The first-order chi connectivity index (χ1) is 10.6. The number of rotatable bonds is 10. The Balaban J connectivity index is 0.00000484. The van der Waals surface area contributed by atoms with Gasteiger partial charge in [0.05, 0.1) is 6.54 Å². The van der Waals surface area contributed by atoms with Gasteiger partial charge in [-0.1, -0.05) is 30.3 Å². The number of aliphatic imine (C=N–C) groups is 1. The maximum absolute atomic E-state index is 5.87. The normalized spacial score (nSPS) is 12.8. The van der Waals surface area contributed by atoms with Gasteiger partial charge in [0.1, 0.15) is 0 Å². The van der Waals surface area contributed by atoms with Crippen molar-refractivity contribution < 1.29 is 4.74 Å². The lowest BCUT2D eigenvalue weighted by Crippen LogP contribution is -2.36. The van der Waals surface area contributed by atoms with E-state index in [0.717, 1.165) is 32.7 Å². The Hall–Kier alpha value is -0.860. The first-order valence-corrected chi connectivity index (χ1v) is 7.99. The Kier molecular flexibility index (Phi) is 13.1. The van der Waals surface area contributed by atoms with Gasteiger partial charge in [0.25, 0.3) is 0 Å². The van der Waals surface area contributed by atoms with Gasteiger partial charge in [-0.25, -0.2) is 0 Å². The summed E-state index contributed by atoms with van der Waals surface area (Å²) in [5.41, 5.74) is 7.18. The van der Waals surface area contributed by atoms with Gasteiger partial charge in [-0.15, -0.1) is 24.0 Å². The molecule has 0 aliphatic heterocycles. The minimum Gasteiger partial charge on any atom is -0.382 e. The third-order valence-electron chi connectivity index (χ3n) is 3.53. The van der Waals surface area contributed by atoms with Crippen LogP contribution in [0.25, 0.3) is 0 Å². The van der Waals surface area contributed by atoms with E-state index in [1.807, 2.05) is 13.0 Å². The van der Waals surface area contributed by atoms with Crippen LogP contribution in [0.4, 0.5) is 0 Å². The molecule has 0 fully saturated rings. The van der Waals surface area contributed by atoms with Gasteiger partial charge in [0.2, 0.25) is 0 Å². The monoisotopic (exact) mass is 434 g/mol. The second-order valence-corrected chi connectivity index (χ2v) is 5.45. The largest absolute Gasteiger partial charge is 0.382 e. The van der Waals surface area contributed by atoms with E-state index < -0.39 is 0 Å². The van der Waals surface area contributed by atoms with Crippen LogP contribution in [0.5, 0.6) is 0 Å². The number of nitrogens with zero attached hydrogens (tertiary/aromatic N) is 2. The number of nitrogens with one attached hydrogen (secondary N) is 1. The summed E-state index contributed by atoms with van der Waals surface area (Å²) in [6.45, 7) is 8.07. The minimum atomic E-state index is 0. The molecular weight excluding hydrogens is 403 g/mol. The number of likely N-dealkylation sites (N-methyl/N-ethyl adjacent to an activating group) is 1. The van der Waals surface area contributed by atoms with Crippen molar-refractivity contribution in [3.8, 4) is 0 Å². The fourth-order valence-electron chi connectivity index (χ4n) is 1.99. The summed E-state index contributed by atoms with van der Waals surface area (Å²) < 4.78 is 5.27. The number of hydrogen-bond donors (Lipinski definition) is 2. The standard InChI is InChI=1S/C17H30N4O.HI/c1-4-22-12-8-11-19-17(18)20-13-15(2)21(3)14-16-9-6-5-7-10-16;/h5-7,9-10,15H,4,8,11-14H2,1-3H3,(H3,18,19,20);1H. The summed E-state index contributed by atoms with van der Waals surface area (Å²) in [4.78, 5) is 6.68. The number of benzene rings is 1. The van der Waals surface area contributed by atoms with E-state index in [0.29, 0.717) is 18.5 Å². The molecule has 1 unspecified atom stereocenters. The fourth-order valence-corrected chi connectivity index (χ4v) is 1.99. The van der Waals surface area contributed by atoms with Crippen LogP contribution in [-0.4, -0.2) is 50.3 Å². The lowest BCUT2D eigenvalue weighted by molar-refractivity contribution is 0.145. The Morgan fingerprint density at radius 2 is 2.04 bits per heavy atom. The molecule has 0 bridgehead atoms. The number of halogens is 1. The van der Waals surface area contributed by atoms with Crippen molar-refractivity contribution in [1.29, 1.82) is 0 Å². The Labute approximate surface area is 157 Å². The highest BCUT2D eigenvalue weighted by molar-refractivity contribution is 14.0. The molecule has 0 spiro atoms. The average Bonchev–Trinajstić information content (AvgIpc) is 2.53. The first kappa shape index (κ1) is 22.1. The van der Waals surface area contributed by atoms with Crippen molar-refractivity contribution in [2.45, 2.75) is 32.9 Å². The molecule has 5 nitrogen and oxygen atoms in total. The summed E-state index contributed by atoms with van der Waals surface area (Å²) in [5.74, 6) is 0.511. The van der Waals surface area contributed by atoms with Crippen LogP contribution in [0.2, 0.25) is 0 Å². The number of guanidine groups is 1. The van der Waals surface area contributed by atoms with Gasteiger partial charge in [-0.3, -0.25) is 9.89 Å². The van der Waals surface area contributed by atoms with Gasteiger partial charge in [-0.2, -0.15) is 0 Å². The van der Waals surface area contributed by atoms with Crippen molar-refractivity contribution in [3.63, 3.8) is 0 Å². The molecule has 1 rings (SSSR count). The van der Waals surface area contributed by atoms with Crippen LogP contribution in [0, 0.1) is 0 Å². The van der Waals surface area contributed by atoms with E-state index >= 15 is 0 Å². The minimum absolute atomic E-state index is 0. The van der Waals surface area contributed by atoms with Gasteiger partial charge in [0.15, 0.2) is 5.96 Å². The third kappa shape index (κ3) is 10.5. The molecule has 0 amide bonds. The SMILES string of the molecule is CCOCCCNC(N)=NCC(C)N(C)Cc1ccccc1.I. The molecule has 1 atom stereocenters. The van der Waals surface area contributed by atoms with Crippen molar-refractivity contribution in [2.24, 2.45) is 10.7 Å². The Morgan fingerprint density at radius 3 is 2.70 bits per heavy atom. The van der Waals surface area contributed by atoms with E-state index in [1.54, 1.807) is 0 Å². The van der Waals surface area contributed by atoms with Crippen LogP contribution in [0.3, 0.4) is 0 Å². The molecular formula is C17H31IN4O. The quantitative estimate of drug-likeness (QED) is 0.257. The summed E-state index contributed by atoms with van der Waals surface area (Å²) in [5, 5.41) is 3.11. The summed E-state index contributed by atoms with van der Waals surface area (Å²) in [6.07, 6.45) is 0.938. The Bertz CT molecular complexity index is 428. The molecule has 0 aromatic heterocycles. The molecule has 1 aromatic carbocycles. The molecule has 0 aliphatic carbocycles. The third-order valence-corrected chi connectivity index (χ3v) is 3.53. The van der Waals surface area contributed by atoms with Crippen LogP contribution < -0.4 is 11.1 Å². The fraction of sp³-hybridized carbons (Fsp3) is 0.588. The maximum Gasteiger partial charge on any atom is 0.188 e.